The Hall–Kier alpha value is -3.26. The maximum Gasteiger partial charge on any atom is 0.335 e. The predicted octanol–water partition coefficient (Wildman–Crippen LogP) is 5.80. The van der Waals surface area contributed by atoms with Crippen LogP contribution in [0.15, 0.2) is 54.9 Å². The maximum atomic E-state index is 11.4. The van der Waals surface area contributed by atoms with Crippen LogP contribution in [-0.2, 0) is 11.3 Å². The van der Waals surface area contributed by atoms with Crippen LogP contribution in [0.2, 0.25) is 5.02 Å². The lowest BCUT2D eigenvalue weighted by Gasteiger charge is -2.17. The van der Waals surface area contributed by atoms with Gasteiger partial charge in [0.2, 0.25) is 5.88 Å². The third kappa shape index (κ3) is 6.49. The molecular formula is C28H30ClN3O4. The zero-order valence-electron chi connectivity index (χ0n) is 20.5. The molecule has 0 saturated heterocycles. The van der Waals surface area contributed by atoms with Crippen molar-refractivity contribution in [3.05, 3.63) is 76.6 Å². The first kappa shape index (κ1) is 25.8. The number of ether oxygens (including phenoxy) is 2. The van der Waals surface area contributed by atoms with E-state index in [1.54, 1.807) is 30.6 Å². The van der Waals surface area contributed by atoms with Crippen molar-refractivity contribution in [2.75, 3.05) is 19.8 Å². The normalized spacial score (nSPS) is 12.2. The average molecular weight is 508 g/mol. The lowest BCUT2D eigenvalue weighted by atomic mass is 10.1. The highest BCUT2D eigenvalue weighted by atomic mass is 35.5. The van der Waals surface area contributed by atoms with Crippen LogP contribution < -0.4 is 10.1 Å². The van der Waals surface area contributed by atoms with Gasteiger partial charge in [0.15, 0.2) is 0 Å². The zero-order valence-corrected chi connectivity index (χ0v) is 21.2. The number of halogens is 1. The standard InChI is InChI=1S/C28H30ClN3O4/c1-18-5-6-20(13-25(18)29)15-30-10-3-4-12-35-17-19(2)36-27-23-9-11-31-16-24(23)22-8-7-21(28(33)34)14-26(22)32-27/h5-9,11,13-14,16,19,30H,3-4,10,12,15,17H2,1-2H3,(H,33,34)/t19-/m0/s1. The number of benzene rings is 2. The summed E-state index contributed by atoms with van der Waals surface area (Å²) in [7, 11) is 0. The van der Waals surface area contributed by atoms with Gasteiger partial charge in [-0.2, -0.15) is 0 Å². The molecule has 188 valence electrons. The monoisotopic (exact) mass is 507 g/mol. The molecular weight excluding hydrogens is 478 g/mol. The molecule has 0 aliphatic rings. The molecule has 0 bridgehead atoms. The number of fused-ring (bicyclic) bond motifs is 3. The minimum absolute atomic E-state index is 0.178. The molecule has 0 radical (unpaired) electrons. The van der Waals surface area contributed by atoms with Crippen LogP contribution in [-0.4, -0.2) is 46.9 Å². The van der Waals surface area contributed by atoms with E-state index in [4.69, 9.17) is 21.1 Å². The summed E-state index contributed by atoms with van der Waals surface area (Å²) >= 11 is 6.18. The van der Waals surface area contributed by atoms with Gasteiger partial charge in [-0.25, -0.2) is 9.78 Å². The molecule has 1 atom stereocenters. The fraction of sp³-hybridized carbons (Fsp3) is 0.321. The SMILES string of the molecule is Cc1ccc(CNCCCCOC[C@H](C)Oc2nc3cc(C(=O)O)ccc3c3cnccc23)cc1Cl. The van der Waals surface area contributed by atoms with Crippen molar-refractivity contribution in [3.63, 3.8) is 0 Å². The molecule has 0 aliphatic heterocycles. The summed E-state index contributed by atoms with van der Waals surface area (Å²) in [6, 6.07) is 12.9. The van der Waals surface area contributed by atoms with Crippen LogP contribution in [0.1, 0.15) is 41.3 Å². The number of hydrogen-bond donors (Lipinski definition) is 2. The summed E-state index contributed by atoms with van der Waals surface area (Å²) in [5, 5.41) is 16.1. The van der Waals surface area contributed by atoms with Crippen molar-refractivity contribution >= 4 is 39.2 Å². The Balaban J connectivity index is 1.25. The number of nitrogens with zero attached hydrogens (tertiary/aromatic N) is 2. The van der Waals surface area contributed by atoms with Crippen LogP contribution in [0, 0.1) is 6.92 Å². The summed E-state index contributed by atoms with van der Waals surface area (Å²) in [6.45, 7) is 6.70. The lowest BCUT2D eigenvalue weighted by Crippen LogP contribution is -2.21. The van der Waals surface area contributed by atoms with E-state index in [1.165, 1.54) is 5.56 Å². The van der Waals surface area contributed by atoms with E-state index in [0.717, 1.165) is 52.7 Å². The van der Waals surface area contributed by atoms with Gasteiger partial charge in [0.25, 0.3) is 0 Å². The van der Waals surface area contributed by atoms with Crippen molar-refractivity contribution < 1.29 is 19.4 Å². The second kappa shape index (κ2) is 12.1. The average Bonchev–Trinajstić information content (AvgIpc) is 2.87. The first-order valence-electron chi connectivity index (χ1n) is 12.0. The van der Waals surface area contributed by atoms with E-state index < -0.39 is 5.97 Å². The molecule has 4 aromatic rings. The Kier molecular flexibility index (Phi) is 8.70. The number of carboxylic acids is 1. The number of aryl methyl sites for hydroxylation is 1. The summed E-state index contributed by atoms with van der Waals surface area (Å²) in [5.74, 6) is -0.553. The van der Waals surface area contributed by atoms with Crippen LogP contribution in [0.25, 0.3) is 21.7 Å². The molecule has 2 aromatic carbocycles. The number of aromatic carboxylic acids is 1. The number of aromatic nitrogens is 2. The molecule has 8 heteroatoms. The lowest BCUT2D eigenvalue weighted by molar-refractivity contribution is 0.0556. The van der Waals surface area contributed by atoms with Gasteiger partial charge in [-0.3, -0.25) is 4.98 Å². The van der Waals surface area contributed by atoms with Crippen LogP contribution in [0.3, 0.4) is 0 Å². The van der Waals surface area contributed by atoms with Crippen molar-refractivity contribution in [2.24, 2.45) is 0 Å². The Morgan fingerprint density at radius 1 is 1.11 bits per heavy atom. The molecule has 7 nitrogen and oxygen atoms in total. The number of carbonyl (C=O) groups is 1. The molecule has 0 aliphatic carbocycles. The predicted molar refractivity (Wildman–Crippen MR) is 142 cm³/mol. The van der Waals surface area contributed by atoms with Crippen LogP contribution >= 0.6 is 11.6 Å². The van der Waals surface area contributed by atoms with E-state index in [0.29, 0.717) is 24.6 Å². The molecule has 36 heavy (non-hydrogen) atoms. The van der Waals surface area contributed by atoms with Gasteiger partial charge in [-0.05, 0) is 68.6 Å². The minimum Gasteiger partial charge on any atom is -0.478 e. The van der Waals surface area contributed by atoms with Crippen molar-refractivity contribution in [1.82, 2.24) is 15.3 Å². The van der Waals surface area contributed by atoms with E-state index in [9.17, 15) is 9.90 Å². The number of rotatable bonds is 12. The molecule has 2 aromatic heterocycles. The van der Waals surface area contributed by atoms with Gasteiger partial charge in [0.05, 0.1) is 17.7 Å². The third-order valence-electron chi connectivity index (χ3n) is 5.93. The van der Waals surface area contributed by atoms with Crippen LogP contribution in [0.4, 0.5) is 0 Å². The fourth-order valence-electron chi connectivity index (χ4n) is 3.95. The van der Waals surface area contributed by atoms with Gasteiger partial charge in [-0.15, -0.1) is 0 Å². The number of carboxylic acid groups (broad SMARTS) is 1. The molecule has 0 fully saturated rings. The number of hydrogen-bond acceptors (Lipinski definition) is 6. The molecule has 0 spiro atoms. The fourth-order valence-corrected chi connectivity index (χ4v) is 4.15. The summed E-state index contributed by atoms with van der Waals surface area (Å²) in [6.07, 6.45) is 5.16. The number of unbranched alkanes of at least 4 members (excludes halogenated alkanes) is 1. The Morgan fingerprint density at radius 2 is 1.97 bits per heavy atom. The molecule has 0 saturated carbocycles. The second-order valence-corrected chi connectivity index (χ2v) is 9.25. The van der Waals surface area contributed by atoms with Gasteiger partial charge in [0, 0.05) is 46.7 Å². The highest BCUT2D eigenvalue weighted by Crippen LogP contribution is 2.31. The Morgan fingerprint density at radius 3 is 2.78 bits per heavy atom. The first-order valence-corrected chi connectivity index (χ1v) is 12.4. The quantitative estimate of drug-likeness (QED) is 0.185. The molecule has 2 heterocycles. The summed E-state index contributed by atoms with van der Waals surface area (Å²) in [5.41, 5.74) is 3.00. The second-order valence-electron chi connectivity index (χ2n) is 8.85. The Bertz CT molecular complexity index is 1360. The van der Waals surface area contributed by atoms with Crippen molar-refractivity contribution in [2.45, 2.75) is 39.3 Å². The van der Waals surface area contributed by atoms with Gasteiger partial charge in [0.1, 0.15) is 6.10 Å². The summed E-state index contributed by atoms with van der Waals surface area (Å²) < 4.78 is 11.9. The van der Waals surface area contributed by atoms with Crippen molar-refractivity contribution in [1.29, 1.82) is 0 Å². The zero-order chi connectivity index (χ0) is 25.5. The third-order valence-corrected chi connectivity index (χ3v) is 6.34. The number of pyridine rings is 2. The topological polar surface area (TPSA) is 93.6 Å². The van der Waals surface area contributed by atoms with Crippen molar-refractivity contribution in [3.8, 4) is 5.88 Å². The van der Waals surface area contributed by atoms with Crippen LogP contribution in [0.5, 0.6) is 5.88 Å². The van der Waals surface area contributed by atoms with Gasteiger partial charge in [-0.1, -0.05) is 29.8 Å². The van der Waals surface area contributed by atoms with Gasteiger partial charge >= 0.3 is 5.97 Å². The van der Waals surface area contributed by atoms with E-state index in [2.05, 4.69) is 21.4 Å². The molecule has 2 N–H and O–H groups in total. The molecule has 0 unspecified atom stereocenters. The van der Waals surface area contributed by atoms with Gasteiger partial charge < -0.3 is 19.9 Å². The Labute approximate surface area is 215 Å². The minimum atomic E-state index is -0.996. The first-order chi connectivity index (χ1) is 17.4. The largest absolute Gasteiger partial charge is 0.478 e. The maximum absolute atomic E-state index is 11.4. The molecule has 0 amide bonds. The highest BCUT2D eigenvalue weighted by molar-refractivity contribution is 6.31. The van der Waals surface area contributed by atoms with E-state index in [1.807, 2.05) is 32.0 Å². The van der Waals surface area contributed by atoms with E-state index >= 15 is 0 Å². The van der Waals surface area contributed by atoms with E-state index in [-0.39, 0.29) is 11.7 Å². The summed E-state index contributed by atoms with van der Waals surface area (Å²) in [4.78, 5) is 20.2. The number of nitrogens with one attached hydrogen (secondary N) is 1. The smallest absolute Gasteiger partial charge is 0.335 e. The molecule has 4 rings (SSSR count). The highest BCUT2D eigenvalue weighted by Gasteiger charge is 2.14.